The van der Waals surface area contributed by atoms with Gasteiger partial charge in [-0.1, -0.05) is 48.0 Å². The molecule has 1 atom stereocenters. The summed E-state index contributed by atoms with van der Waals surface area (Å²) in [5.74, 6) is 0.333. The van der Waals surface area contributed by atoms with Crippen LogP contribution >= 0.6 is 0 Å². The van der Waals surface area contributed by atoms with E-state index in [-0.39, 0.29) is 0 Å². The number of rotatable bonds is 5. The molecule has 0 saturated carbocycles. The van der Waals surface area contributed by atoms with Crippen LogP contribution in [-0.4, -0.2) is 4.98 Å². The van der Waals surface area contributed by atoms with Crippen LogP contribution in [0, 0.1) is 25.2 Å². The van der Waals surface area contributed by atoms with Gasteiger partial charge < -0.3 is 4.98 Å². The molecule has 116 valence electrons. The van der Waals surface area contributed by atoms with Gasteiger partial charge in [-0.3, -0.25) is 0 Å². The average Bonchev–Trinajstić information content (AvgIpc) is 2.98. The van der Waals surface area contributed by atoms with Crippen molar-refractivity contribution >= 4 is 10.9 Å². The molecule has 0 aliphatic heterocycles. The first kappa shape index (κ1) is 15.4. The van der Waals surface area contributed by atoms with E-state index < -0.39 is 0 Å². The molecule has 3 aromatic rings. The Bertz CT molecular complexity index is 834. The number of aromatic nitrogens is 1. The maximum absolute atomic E-state index is 8.87. The quantitative estimate of drug-likeness (QED) is 0.611. The predicted octanol–water partition coefficient (Wildman–Crippen LogP) is 5.61. The summed E-state index contributed by atoms with van der Waals surface area (Å²) in [6.07, 6.45) is 4.68. The number of fused-ring (bicyclic) bond motifs is 1. The van der Waals surface area contributed by atoms with E-state index in [9.17, 15) is 0 Å². The molecule has 2 heteroatoms. The number of para-hydroxylation sites is 1. The van der Waals surface area contributed by atoms with Crippen molar-refractivity contribution in [3.8, 4) is 6.07 Å². The van der Waals surface area contributed by atoms with Crippen molar-refractivity contribution in [3.05, 3.63) is 70.9 Å². The Labute approximate surface area is 137 Å². The van der Waals surface area contributed by atoms with Crippen LogP contribution in [0.4, 0.5) is 0 Å². The molecular formula is C21H22N2. The summed E-state index contributed by atoms with van der Waals surface area (Å²) in [6.45, 7) is 4.25. The van der Waals surface area contributed by atoms with Gasteiger partial charge in [-0.15, -0.1) is 0 Å². The average molecular weight is 302 g/mol. The lowest BCUT2D eigenvalue weighted by Crippen LogP contribution is -2.01. The van der Waals surface area contributed by atoms with Gasteiger partial charge in [0.15, 0.2) is 0 Å². The largest absolute Gasteiger partial charge is 0.361 e. The summed E-state index contributed by atoms with van der Waals surface area (Å²) >= 11 is 0. The highest BCUT2D eigenvalue weighted by atomic mass is 14.7. The second-order valence-electron chi connectivity index (χ2n) is 6.26. The molecule has 3 rings (SSSR count). The molecule has 0 amide bonds. The summed E-state index contributed by atoms with van der Waals surface area (Å²) in [7, 11) is 0. The first-order valence-electron chi connectivity index (χ1n) is 8.21. The molecule has 1 aromatic heterocycles. The van der Waals surface area contributed by atoms with Crippen LogP contribution < -0.4 is 0 Å². The van der Waals surface area contributed by atoms with Gasteiger partial charge >= 0.3 is 0 Å². The number of nitriles is 1. The van der Waals surface area contributed by atoms with Crippen LogP contribution in [0.1, 0.15) is 47.4 Å². The fourth-order valence-electron chi connectivity index (χ4n) is 3.30. The number of nitrogens with one attached hydrogen (secondary N) is 1. The van der Waals surface area contributed by atoms with Gasteiger partial charge in [0, 0.05) is 29.4 Å². The second-order valence-corrected chi connectivity index (χ2v) is 6.26. The van der Waals surface area contributed by atoms with Crippen molar-refractivity contribution in [3.63, 3.8) is 0 Å². The monoisotopic (exact) mass is 302 g/mol. The third kappa shape index (κ3) is 3.14. The molecule has 1 heterocycles. The summed E-state index contributed by atoms with van der Waals surface area (Å²) in [4.78, 5) is 3.44. The number of unbranched alkanes of at least 4 members (excludes halogenated alkanes) is 1. The minimum absolute atomic E-state index is 0.333. The van der Waals surface area contributed by atoms with Crippen LogP contribution in [0.2, 0.25) is 0 Å². The van der Waals surface area contributed by atoms with Crippen LogP contribution in [0.5, 0.6) is 0 Å². The van der Waals surface area contributed by atoms with Crippen molar-refractivity contribution in [1.82, 2.24) is 4.98 Å². The van der Waals surface area contributed by atoms with Gasteiger partial charge in [-0.05, 0) is 43.4 Å². The SMILES string of the molecule is Cc1ccc(C(CCCC#N)c2c[nH]c3c(C)cccc23)cc1. The van der Waals surface area contributed by atoms with Gasteiger partial charge in [-0.25, -0.2) is 0 Å². The Hall–Kier alpha value is -2.53. The Morgan fingerprint density at radius 1 is 1.09 bits per heavy atom. The lowest BCUT2D eigenvalue weighted by molar-refractivity contribution is 0.676. The Balaban J connectivity index is 2.04. The summed E-state index contributed by atoms with van der Waals surface area (Å²) in [5.41, 5.74) is 6.44. The first-order chi connectivity index (χ1) is 11.2. The molecule has 0 radical (unpaired) electrons. The molecule has 23 heavy (non-hydrogen) atoms. The van der Waals surface area contributed by atoms with E-state index in [2.05, 4.69) is 73.6 Å². The number of H-pyrrole nitrogens is 1. The molecule has 2 aromatic carbocycles. The standard InChI is InChI=1S/C21H22N2/c1-15-9-11-17(12-10-15)18(7-3-4-13-22)20-14-23-21-16(2)6-5-8-19(20)21/h5-6,8-12,14,18,23H,3-4,7H2,1-2H3. The zero-order valence-electron chi connectivity index (χ0n) is 13.8. The van der Waals surface area contributed by atoms with E-state index in [1.54, 1.807) is 0 Å². The fraction of sp³-hybridized carbons (Fsp3) is 0.286. The molecule has 0 fully saturated rings. The summed E-state index contributed by atoms with van der Waals surface area (Å²) < 4.78 is 0. The van der Waals surface area contributed by atoms with Gasteiger partial charge in [0.25, 0.3) is 0 Å². The van der Waals surface area contributed by atoms with Gasteiger partial charge in [0.2, 0.25) is 0 Å². The van der Waals surface area contributed by atoms with Crippen LogP contribution in [0.15, 0.2) is 48.7 Å². The first-order valence-corrected chi connectivity index (χ1v) is 8.21. The van der Waals surface area contributed by atoms with Crippen molar-refractivity contribution in [2.45, 2.75) is 39.0 Å². The highest BCUT2D eigenvalue weighted by Crippen LogP contribution is 2.35. The van der Waals surface area contributed by atoms with E-state index in [1.807, 2.05) is 0 Å². The number of benzene rings is 2. The third-order valence-corrected chi connectivity index (χ3v) is 4.59. The summed E-state index contributed by atoms with van der Waals surface area (Å²) in [5, 5.41) is 10.2. The lowest BCUT2D eigenvalue weighted by Gasteiger charge is -2.17. The van der Waals surface area contributed by atoms with Crippen LogP contribution in [0.3, 0.4) is 0 Å². The van der Waals surface area contributed by atoms with Crippen molar-refractivity contribution in [2.75, 3.05) is 0 Å². The molecular weight excluding hydrogens is 280 g/mol. The molecule has 1 unspecified atom stereocenters. The second kappa shape index (κ2) is 6.71. The van der Waals surface area contributed by atoms with Crippen LogP contribution in [-0.2, 0) is 0 Å². The van der Waals surface area contributed by atoms with Gasteiger partial charge in [-0.2, -0.15) is 5.26 Å². The maximum atomic E-state index is 8.87. The maximum Gasteiger partial charge on any atom is 0.0621 e. The van der Waals surface area contributed by atoms with Gasteiger partial charge in [0.05, 0.1) is 6.07 Å². The molecule has 0 bridgehead atoms. The Morgan fingerprint density at radius 3 is 2.61 bits per heavy atom. The third-order valence-electron chi connectivity index (χ3n) is 4.59. The van der Waals surface area contributed by atoms with Crippen molar-refractivity contribution in [1.29, 1.82) is 5.26 Å². The Kier molecular flexibility index (Phi) is 4.48. The number of hydrogen-bond donors (Lipinski definition) is 1. The molecule has 0 aliphatic rings. The fourth-order valence-corrected chi connectivity index (χ4v) is 3.30. The van der Waals surface area contributed by atoms with Gasteiger partial charge in [0.1, 0.15) is 0 Å². The zero-order valence-corrected chi connectivity index (χ0v) is 13.8. The molecule has 0 spiro atoms. The molecule has 2 nitrogen and oxygen atoms in total. The molecule has 0 aliphatic carbocycles. The highest BCUT2D eigenvalue weighted by molar-refractivity contribution is 5.86. The number of nitrogens with zero attached hydrogens (tertiary/aromatic N) is 1. The lowest BCUT2D eigenvalue weighted by atomic mass is 9.86. The van der Waals surface area contributed by atoms with Crippen molar-refractivity contribution in [2.24, 2.45) is 0 Å². The predicted molar refractivity (Wildman–Crippen MR) is 95.5 cm³/mol. The normalized spacial score (nSPS) is 12.2. The number of aryl methyl sites for hydroxylation is 2. The van der Waals surface area contributed by atoms with E-state index in [0.717, 1.165) is 12.8 Å². The Morgan fingerprint density at radius 2 is 1.87 bits per heavy atom. The van der Waals surface area contributed by atoms with Crippen LogP contribution in [0.25, 0.3) is 10.9 Å². The highest BCUT2D eigenvalue weighted by Gasteiger charge is 2.18. The van der Waals surface area contributed by atoms with E-state index >= 15 is 0 Å². The number of aromatic amines is 1. The van der Waals surface area contributed by atoms with E-state index in [1.165, 1.54) is 33.2 Å². The number of hydrogen-bond acceptors (Lipinski definition) is 1. The summed E-state index contributed by atoms with van der Waals surface area (Å²) in [6, 6.07) is 17.5. The zero-order chi connectivity index (χ0) is 16.2. The molecule has 1 N–H and O–H groups in total. The topological polar surface area (TPSA) is 39.6 Å². The van der Waals surface area contributed by atoms with E-state index in [4.69, 9.17) is 5.26 Å². The minimum Gasteiger partial charge on any atom is -0.361 e. The molecule has 0 saturated heterocycles. The smallest absolute Gasteiger partial charge is 0.0621 e. The van der Waals surface area contributed by atoms with Crippen molar-refractivity contribution < 1.29 is 0 Å². The van der Waals surface area contributed by atoms with E-state index in [0.29, 0.717) is 12.3 Å². The minimum atomic E-state index is 0.333.